The van der Waals surface area contributed by atoms with E-state index in [0.717, 1.165) is 26.1 Å². The molecule has 0 radical (unpaired) electrons. The van der Waals surface area contributed by atoms with Crippen LogP contribution in [0.2, 0.25) is 0 Å². The van der Waals surface area contributed by atoms with E-state index in [1.54, 1.807) is 0 Å². The molecular formula is C12H26N2O2. The molecule has 16 heavy (non-hydrogen) atoms. The molecule has 2 N–H and O–H groups in total. The molecule has 0 bridgehead atoms. The highest BCUT2D eigenvalue weighted by atomic mass is 16.5. The largest absolute Gasteiger partial charge is 0.382 e. The van der Waals surface area contributed by atoms with Crippen molar-refractivity contribution in [1.29, 1.82) is 0 Å². The molecule has 1 unspecified atom stereocenters. The van der Waals surface area contributed by atoms with Crippen LogP contribution in [-0.4, -0.2) is 43.7 Å². The maximum atomic E-state index is 11.8. The molecule has 0 saturated heterocycles. The molecule has 4 nitrogen and oxygen atoms in total. The molecule has 0 rings (SSSR count). The minimum absolute atomic E-state index is 0.211. The summed E-state index contributed by atoms with van der Waals surface area (Å²) in [6.45, 7) is 9.58. The van der Waals surface area contributed by atoms with E-state index in [0.29, 0.717) is 25.5 Å². The van der Waals surface area contributed by atoms with Gasteiger partial charge in [0.05, 0.1) is 0 Å². The van der Waals surface area contributed by atoms with Crippen LogP contribution in [0.15, 0.2) is 0 Å². The van der Waals surface area contributed by atoms with Gasteiger partial charge in [-0.25, -0.2) is 0 Å². The Balaban J connectivity index is 3.82. The highest BCUT2D eigenvalue weighted by Gasteiger charge is 2.13. The van der Waals surface area contributed by atoms with Gasteiger partial charge in [0.15, 0.2) is 0 Å². The summed E-state index contributed by atoms with van der Waals surface area (Å²) in [7, 11) is 0. The smallest absolute Gasteiger partial charge is 0.222 e. The zero-order valence-electron chi connectivity index (χ0n) is 10.9. The number of rotatable bonds is 9. The minimum atomic E-state index is 0.211. The lowest BCUT2D eigenvalue weighted by Crippen LogP contribution is -2.36. The second kappa shape index (κ2) is 9.60. The lowest BCUT2D eigenvalue weighted by molar-refractivity contribution is -0.131. The normalized spacial score (nSPS) is 12.5. The predicted molar refractivity (Wildman–Crippen MR) is 66.2 cm³/mol. The second-order valence-corrected chi connectivity index (χ2v) is 4.07. The standard InChI is InChI=1S/C12H26N2O2/c1-4-14(10-11(3)9-13)12(15)7-6-8-16-5-2/h11H,4-10,13H2,1-3H3. The van der Waals surface area contributed by atoms with Gasteiger partial charge in [0.1, 0.15) is 0 Å². The number of hydrogen-bond acceptors (Lipinski definition) is 3. The summed E-state index contributed by atoms with van der Waals surface area (Å²) < 4.78 is 5.21. The number of carbonyl (C=O) groups is 1. The summed E-state index contributed by atoms with van der Waals surface area (Å²) in [6.07, 6.45) is 1.38. The molecule has 0 spiro atoms. The monoisotopic (exact) mass is 230 g/mol. The molecule has 0 aromatic heterocycles. The van der Waals surface area contributed by atoms with Gasteiger partial charge in [0.2, 0.25) is 5.91 Å². The van der Waals surface area contributed by atoms with Crippen LogP contribution in [0, 0.1) is 5.92 Å². The number of amides is 1. The van der Waals surface area contributed by atoms with Crippen LogP contribution in [0.25, 0.3) is 0 Å². The van der Waals surface area contributed by atoms with Crippen LogP contribution in [0.5, 0.6) is 0 Å². The van der Waals surface area contributed by atoms with Gasteiger partial charge in [-0.2, -0.15) is 0 Å². The molecule has 0 aliphatic carbocycles. The molecule has 4 heteroatoms. The average molecular weight is 230 g/mol. The molecule has 1 amide bonds. The lowest BCUT2D eigenvalue weighted by Gasteiger charge is -2.24. The van der Waals surface area contributed by atoms with Crippen LogP contribution >= 0.6 is 0 Å². The molecule has 0 aromatic rings. The van der Waals surface area contributed by atoms with Gasteiger partial charge in [-0.15, -0.1) is 0 Å². The van der Waals surface area contributed by atoms with Gasteiger partial charge in [0, 0.05) is 32.7 Å². The first-order valence-electron chi connectivity index (χ1n) is 6.21. The fourth-order valence-electron chi connectivity index (χ4n) is 1.49. The third-order valence-electron chi connectivity index (χ3n) is 2.55. The summed E-state index contributed by atoms with van der Waals surface area (Å²) in [6, 6.07) is 0. The Labute approximate surface area is 99.1 Å². The average Bonchev–Trinajstić information content (AvgIpc) is 2.30. The molecule has 96 valence electrons. The van der Waals surface area contributed by atoms with Crippen molar-refractivity contribution in [2.75, 3.05) is 32.8 Å². The Morgan fingerprint density at radius 2 is 2.12 bits per heavy atom. The Hall–Kier alpha value is -0.610. The zero-order chi connectivity index (χ0) is 12.4. The van der Waals surface area contributed by atoms with Crippen LogP contribution < -0.4 is 5.73 Å². The maximum Gasteiger partial charge on any atom is 0.222 e. The minimum Gasteiger partial charge on any atom is -0.382 e. The van der Waals surface area contributed by atoms with Gasteiger partial charge >= 0.3 is 0 Å². The summed E-state index contributed by atoms with van der Waals surface area (Å²) in [5.74, 6) is 0.582. The second-order valence-electron chi connectivity index (χ2n) is 4.07. The van der Waals surface area contributed by atoms with Crippen molar-refractivity contribution in [2.45, 2.75) is 33.6 Å². The number of ether oxygens (including phenoxy) is 1. The van der Waals surface area contributed by atoms with Crippen LogP contribution in [0.1, 0.15) is 33.6 Å². The van der Waals surface area contributed by atoms with E-state index in [9.17, 15) is 4.79 Å². The molecule has 0 saturated carbocycles. The van der Waals surface area contributed by atoms with E-state index in [4.69, 9.17) is 10.5 Å². The van der Waals surface area contributed by atoms with Gasteiger partial charge in [0.25, 0.3) is 0 Å². The predicted octanol–water partition coefficient (Wildman–Crippen LogP) is 1.25. The highest BCUT2D eigenvalue weighted by Crippen LogP contribution is 2.03. The highest BCUT2D eigenvalue weighted by molar-refractivity contribution is 5.76. The topological polar surface area (TPSA) is 55.6 Å². The van der Waals surface area contributed by atoms with E-state index in [2.05, 4.69) is 6.92 Å². The molecule has 1 atom stereocenters. The quantitative estimate of drug-likeness (QED) is 0.606. The fourth-order valence-corrected chi connectivity index (χ4v) is 1.49. The Morgan fingerprint density at radius 1 is 1.44 bits per heavy atom. The molecule has 0 fully saturated rings. The van der Waals surface area contributed by atoms with Gasteiger partial charge in [-0.1, -0.05) is 6.92 Å². The summed E-state index contributed by atoms with van der Waals surface area (Å²) in [5.41, 5.74) is 5.56. The summed E-state index contributed by atoms with van der Waals surface area (Å²) >= 11 is 0. The Kier molecular flexibility index (Phi) is 9.24. The van der Waals surface area contributed by atoms with Crippen molar-refractivity contribution >= 4 is 5.91 Å². The van der Waals surface area contributed by atoms with Crippen molar-refractivity contribution < 1.29 is 9.53 Å². The molecule has 0 aromatic carbocycles. The van der Waals surface area contributed by atoms with Gasteiger partial charge in [-0.3, -0.25) is 4.79 Å². The van der Waals surface area contributed by atoms with Crippen molar-refractivity contribution in [3.63, 3.8) is 0 Å². The van der Waals surface area contributed by atoms with Gasteiger partial charge < -0.3 is 15.4 Å². The molecule has 0 aliphatic heterocycles. The molecular weight excluding hydrogens is 204 g/mol. The summed E-state index contributed by atoms with van der Waals surface area (Å²) in [5, 5.41) is 0. The first kappa shape index (κ1) is 15.4. The number of nitrogens with two attached hydrogens (primary N) is 1. The first-order chi connectivity index (χ1) is 7.65. The van der Waals surface area contributed by atoms with E-state index in [1.807, 2.05) is 18.7 Å². The third kappa shape index (κ3) is 6.80. The fraction of sp³-hybridized carbons (Fsp3) is 0.917. The van der Waals surface area contributed by atoms with E-state index in [-0.39, 0.29) is 5.91 Å². The number of carbonyl (C=O) groups excluding carboxylic acids is 1. The van der Waals surface area contributed by atoms with Crippen LogP contribution in [0.3, 0.4) is 0 Å². The van der Waals surface area contributed by atoms with Crippen molar-refractivity contribution in [1.82, 2.24) is 4.90 Å². The summed E-state index contributed by atoms with van der Waals surface area (Å²) in [4.78, 5) is 13.7. The Morgan fingerprint density at radius 3 is 2.62 bits per heavy atom. The first-order valence-corrected chi connectivity index (χ1v) is 6.21. The molecule has 0 heterocycles. The number of hydrogen-bond donors (Lipinski definition) is 1. The van der Waals surface area contributed by atoms with E-state index < -0.39 is 0 Å². The SMILES string of the molecule is CCOCCCC(=O)N(CC)CC(C)CN. The van der Waals surface area contributed by atoms with Gasteiger partial charge in [-0.05, 0) is 32.7 Å². The number of nitrogens with zero attached hydrogens (tertiary/aromatic N) is 1. The van der Waals surface area contributed by atoms with Crippen LogP contribution in [0.4, 0.5) is 0 Å². The zero-order valence-corrected chi connectivity index (χ0v) is 10.9. The lowest BCUT2D eigenvalue weighted by atomic mass is 10.1. The van der Waals surface area contributed by atoms with Crippen molar-refractivity contribution in [3.05, 3.63) is 0 Å². The van der Waals surface area contributed by atoms with E-state index >= 15 is 0 Å². The third-order valence-corrected chi connectivity index (χ3v) is 2.55. The van der Waals surface area contributed by atoms with Crippen LogP contribution in [-0.2, 0) is 9.53 Å². The van der Waals surface area contributed by atoms with Crippen molar-refractivity contribution in [3.8, 4) is 0 Å². The molecule has 0 aliphatic rings. The van der Waals surface area contributed by atoms with E-state index in [1.165, 1.54) is 0 Å². The van der Waals surface area contributed by atoms with Crippen molar-refractivity contribution in [2.24, 2.45) is 11.7 Å². The Bertz CT molecular complexity index is 186. The maximum absolute atomic E-state index is 11.8.